The largest absolute Gasteiger partial charge is 0.455 e. The molecule has 0 saturated heterocycles. The van der Waals surface area contributed by atoms with Crippen molar-refractivity contribution in [3.63, 3.8) is 0 Å². The van der Waals surface area contributed by atoms with Crippen LogP contribution in [0, 0.1) is 0 Å². The summed E-state index contributed by atoms with van der Waals surface area (Å²) < 4.78 is 13.4. The van der Waals surface area contributed by atoms with Crippen molar-refractivity contribution in [2.24, 2.45) is 0 Å². The van der Waals surface area contributed by atoms with E-state index in [-0.39, 0.29) is 0 Å². The predicted octanol–water partition coefficient (Wildman–Crippen LogP) is 13.1. The summed E-state index contributed by atoms with van der Waals surface area (Å²) in [4.78, 5) is 10.3. The minimum Gasteiger partial charge on any atom is -0.455 e. The van der Waals surface area contributed by atoms with Crippen LogP contribution in [0.3, 0.4) is 0 Å². The molecule has 238 valence electrons. The van der Waals surface area contributed by atoms with Crippen molar-refractivity contribution in [1.82, 2.24) is 9.97 Å². The molecule has 10 aromatic rings. The first kappa shape index (κ1) is 27.9. The fourth-order valence-electron chi connectivity index (χ4n) is 8.65. The van der Waals surface area contributed by atoms with Crippen molar-refractivity contribution < 1.29 is 8.83 Å². The second-order valence-electron chi connectivity index (χ2n) is 13.9. The maximum Gasteiger partial charge on any atom is 0.147 e. The molecule has 7 aromatic carbocycles. The zero-order valence-electron chi connectivity index (χ0n) is 27.4. The van der Waals surface area contributed by atoms with E-state index < -0.39 is 0 Å². The van der Waals surface area contributed by atoms with E-state index >= 15 is 0 Å². The highest BCUT2D eigenvalue weighted by atomic mass is 16.3. The van der Waals surface area contributed by atoms with Crippen LogP contribution in [0.2, 0.25) is 0 Å². The summed E-state index contributed by atoms with van der Waals surface area (Å²) in [5.74, 6) is 0.617. The van der Waals surface area contributed by atoms with Crippen molar-refractivity contribution in [2.75, 3.05) is 0 Å². The van der Waals surface area contributed by atoms with Gasteiger partial charge in [0, 0.05) is 38.1 Å². The van der Waals surface area contributed by atoms with Gasteiger partial charge in [-0.05, 0) is 71.0 Å². The number of fused-ring (bicyclic) bond motifs is 13. The third-order valence-corrected chi connectivity index (χ3v) is 11.1. The lowest BCUT2D eigenvalue weighted by molar-refractivity contribution is 0.444. The molecule has 0 bridgehead atoms. The van der Waals surface area contributed by atoms with E-state index in [2.05, 4.69) is 109 Å². The van der Waals surface area contributed by atoms with E-state index in [0.29, 0.717) is 5.92 Å². The fraction of sp³-hybridized carbons (Fsp3) is 0.130. The topological polar surface area (TPSA) is 52.1 Å². The molecule has 1 saturated carbocycles. The molecule has 0 atom stereocenters. The highest BCUT2D eigenvalue weighted by Crippen LogP contribution is 2.45. The normalized spacial score (nSPS) is 14.3. The lowest BCUT2D eigenvalue weighted by Crippen LogP contribution is -2.03. The van der Waals surface area contributed by atoms with Gasteiger partial charge in [0.25, 0.3) is 0 Å². The zero-order valence-corrected chi connectivity index (χ0v) is 27.4. The number of aromatic nitrogens is 2. The van der Waals surface area contributed by atoms with Crippen LogP contribution in [0.1, 0.15) is 43.6 Å². The van der Waals surface area contributed by atoms with Crippen LogP contribution in [0.5, 0.6) is 0 Å². The van der Waals surface area contributed by atoms with Gasteiger partial charge in [-0.3, -0.25) is 4.98 Å². The molecule has 4 nitrogen and oxygen atoms in total. The van der Waals surface area contributed by atoms with Crippen LogP contribution in [-0.4, -0.2) is 9.97 Å². The van der Waals surface area contributed by atoms with Gasteiger partial charge in [0.1, 0.15) is 22.3 Å². The molecule has 11 rings (SSSR count). The van der Waals surface area contributed by atoms with E-state index in [1.54, 1.807) is 0 Å². The first-order chi connectivity index (χ1) is 24.8. The summed E-state index contributed by atoms with van der Waals surface area (Å²) >= 11 is 0. The lowest BCUT2D eigenvalue weighted by atomic mass is 9.83. The molecule has 1 fully saturated rings. The average Bonchev–Trinajstić information content (AvgIpc) is 3.76. The summed E-state index contributed by atoms with van der Waals surface area (Å²) in [6.07, 6.45) is 8.41. The summed E-state index contributed by atoms with van der Waals surface area (Å²) in [5, 5.41) is 9.01. The number of furan rings is 2. The Hall–Kier alpha value is -6.00. The highest BCUT2D eigenvalue weighted by molar-refractivity contribution is 6.26. The Balaban J connectivity index is 1.14. The van der Waals surface area contributed by atoms with Gasteiger partial charge in [-0.2, -0.15) is 0 Å². The fourth-order valence-corrected chi connectivity index (χ4v) is 8.65. The van der Waals surface area contributed by atoms with Gasteiger partial charge in [0.05, 0.1) is 28.3 Å². The minimum absolute atomic E-state index is 0.617. The number of rotatable bonds is 3. The number of hydrogen-bond acceptors (Lipinski definition) is 4. The van der Waals surface area contributed by atoms with E-state index in [1.165, 1.54) is 53.8 Å². The van der Waals surface area contributed by atoms with E-state index in [1.807, 2.05) is 18.3 Å². The Morgan fingerprint density at radius 1 is 0.500 bits per heavy atom. The maximum absolute atomic E-state index is 6.69. The Morgan fingerprint density at radius 3 is 2.00 bits per heavy atom. The van der Waals surface area contributed by atoms with Crippen LogP contribution >= 0.6 is 0 Å². The molecule has 3 heterocycles. The van der Waals surface area contributed by atoms with Crippen LogP contribution in [0.4, 0.5) is 0 Å². The molecule has 0 spiro atoms. The van der Waals surface area contributed by atoms with Crippen molar-refractivity contribution >= 4 is 76.5 Å². The van der Waals surface area contributed by atoms with E-state index in [4.69, 9.17) is 18.8 Å². The number of benzene rings is 7. The highest BCUT2D eigenvalue weighted by Gasteiger charge is 2.23. The minimum atomic E-state index is 0.617. The molecular weight excluding hydrogens is 613 g/mol. The van der Waals surface area contributed by atoms with Crippen molar-refractivity contribution in [3.8, 4) is 22.4 Å². The van der Waals surface area contributed by atoms with Crippen molar-refractivity contribution in [2.45, 2.75) is 38.0 Å². The molecule has 1 aliphatic carbocycles. The van der Waals surface area contributed by atoms with Gasteiger partial charge in [-0.1, -0.05) is 110 Å². The van der Waals surface area contributed by atoms with E-state index in [9.17, 15) is 0 Å². The molecule has 0 N–H and O–H groups in total. The van der Waals surface area contributed by atoms with Crippen LogP contribution in [-0.2, 0) is 0 Å². The maximum atomic E-state index is 6.69. The Kier molecular flexibility index (Phi) is 6.00. The molecule has 4 heteroatoms. The number of para-hydroxylation sites is 1. The van der Waals surface area contributed by atoms with Gasteiger partial charge >= 0.3 is 0 Å². The molecule has 0 aliphatic heterocycles. The van der Waals surface area contributed by atoms with Gasteiger partial charge in [-0.15, -0.1) is 0 Å². The monoisotopic (exact) mass is 644 g/mol. The van der Waals surface area contributed by atoms with Gasteiger partial charge < -0.3 is 8.83 Å². The second kappa shape index (κ2) is 10.8. The molecule has 0 amide bonds. The first-order valence-corrected chi connectivity index (χ1v) is 17.8. The molecule has 3 aromatic heterocycles. The van der Waals surface area contributed by atoms with Gasteiger partial charge in [-0.25, -0.2) is 4.98 Å². The molecule has 50 heavy (non-hydrogen) atoms. The van der Waals surface area contributed by atoms with E-state index in [0.717, 1.165) is 82.7 Å². The quantitative estimate of drug-likeness (QED) is 0.180. The van der Waals surface area contributed by atoms with Crippen LogP contribution in [0.25, 0.3) is 98.8 Å². The summed E-state index contributed by atoms with van der Waals surface area (Å²) in [6, 6.07) is 43.1. The smallest absolute Gasteiger partial charge is 0.147 e. The summed E-state index contributed by atoms with van der Waals surface area (Å²) in [7, 11) is 0. The Morgan fingerprint density at radius 2 is 1.18 bits per heavy atom. The predicted molar refractivity (Wildman–Crippen MR) is 206 cm³/mol. The zero-order chi connectivity index (χ0) is 32.8. The Bertz CT molecular complexity index is 2940. The molecule has 0 unspecified atom stereocenters. The second-order valence-corrected chi connectivity index (χ2v) is 13.9. The SMILES string of the molecule is c1cc(-c2cnc3c4ccccc4c4ccccc4c3n2)cc(-c2cc3c4cc(C5CCCCC5)ccc4oc3c3c2oc2ccccc23)c1. The van der Waals surface area contributed by atoms with Crippen LogP contribution in [0.15, 0.2) is 136 Å². The van der Waals surface area contributed by atoms with Gasteiger partial charge in [0.15, 0.2) is 0 Å². The van der Waals surface area contributed by atoms with Crippen molar-refractivity contribution in [1.29, 1.82) is 0 Å². The average molecular weight is 645 g/mol. The third-order valence-electron chi connectivity index (χ3n) is 11.1. The first-order valence-electron chi connectivity index (χ1n) is 17.8. The van der Waals surface area contributed by atoms with Crippen molar-refractivity contribution in [3.05, 3.63) is 133 Å². The number of hydrogen-bond donors (Lipinski definition) is 0. The lowest BCUT2D eigenvalue weighted by Gasteiger charge is -2.21. The molecule has 0 radical (unpaired) electrons. The number of nitrogens with zero attached hydrogens (tertiary/aromatic N) is 2. The summed E-state index contributed by atoms with van der Waals surface area (Å²) in [5.41, 5.74) is 10.7. The summed E-state index contributed by atoms with van der Waals surface area (Å²) in [6.45, 7) is 0. The third kappa shape index (κ3) is 4.11. The van der Waals surface area contributed by atoms with Crippen LogP contribution < -0.4 is 0 Å². The Labute approximate surface area is 288 Å². The van der Waals surface area contributed by atoms with Gasteiger partial charge in [0.2, 0.25) is 0 Å². The molecule has 1 aliphatic rings. The molecular formula is C46H32N2O2. The standard InChI is InChI=1S/C46H32N2O2/c1-2-11-27(12-3-1)28-21-22-41-37(24-28)38-25-36(45-42(46(38)50-41)35-19-8-9-20-40(35)49-45)29-13-10-14-30(23-29)39-26-47-43-33-17-6-4-15-31(33)32-16-5-7-18-34(32)44(43)48-39/h4-10,13-27H,1-3,11-12H2.